The number of anilines is 1. The number of amides is 1. The van der Waals surface area contributed by atoms with Crippen LogP contribution in [0.5, 0.6) is 0 Å². The third-order valence-electron chi connectivity index (χ3n) is 3.21. The summed E-state index contributed by atoms with van der Waals surface area (Å²) in [6.07, 6.45) is 0.455. The van der Waals surface area contributed by atoms with Crippen LogP contribution < -0.4 is 4.90 Å². The molecule has 1 fully saturated rings. The standard InChI is InChI=1S/C15H14NO2/c17-15-16(13-8-2-1-3-9-13)11-10-14(18-15)12-6-4-5-7-12/h1-9,14H,10-11H2/q-1. The first-order valence-corrected chi connectivity index (χ1v) is 6.09. The predicted molar refractivity (Wildman–Crippen MR) is 69.7 cm³/mol. The van der Waals surface area contributed by atoms with Gasteiger partial charge < -0.3 is 4.74 Å². The Morgan fingerprint density at radius 2 is 2.06 bits per heavy atom. The number of hydrogen-bond donors (Lipinski definition) is 0. The van der Waals surface area contributed by atoms with Gasteiger partial charge in [0.1, 0.15) is 0 Å². The largest absolute Gasteiger partial charge is 0.455 e. The first-order valence-electron chi connectivity index (χ1n) is 6.09. The highest BCUT2D eigenvalue weighted by Crippen LogP contribution is 2.29. The first-order chi connectivity index (χ1) is 8.84. The molecule has 3 rings (SSSR count). The fourth-order valence-corrected chi connectivity index (χ4v) is 2.26. The summed E-state index contributed by atoms with van der Waals surface area (Å²) in [5.41, 5.74) is 1.97. The van der Waals surface area contributed by atoms with Gasteiger partial charge in [0.15, 0.2) is 0 Å². The topological polar surface area (TPSA) is 29.5 Å². The van der Waals surface area contributed by atoms with Crippen LogP contribution in [0.3, 0.4) is 0 Å². The van der Waals surface area contributed by atoms with Crippen LogP contribution in [0.15, 0.2) is 54.6 Å². The van der Waals surface area contributed by atoms with E-state index in [2.05, 4.69) is 0 Å². The quantitative estimate of drug-likeness (QED) is 0.752. The number of hydrogen-bond acceptors (Lipinski definition) is 2. The zero-order valence-corrected chi connectivity index (χ0v) is 9.95. The van der Waals surface area contributed by atoms with Gasteiger partial charge >= 0.3 is 6.09 Å². The average Bonchev–Trinajstić information content (AvgIpc) is 2.93. The van der Waals surface area contributed by atoms with Crippen molar-refractivity contribution in [1.29, 1.82) is 0 Å². The molecule has 0 saturated carbocycles. The van der Waals surface area contributed by atoms with Crippen molar-refractivity contribution in [3.05, 3.63) is 60.2 Å². The van der Waals surface area contributed by atoms with Crippen molar-refractivity contribution < 1.29 is 9.53 Å². The second-order valence-electron chi connectivity index (χ2n) is 4.37. The molecule has 3 heteroatoms. The highest BCUT2D eigenvalue weighted by atomic mass is 16.6. The molecule has 1 aliphatic heterocycles. The van der Waals surface area contributed by atoms with E-state index in [-0.39, 0.29) is 12.2 Å². The van der Waals surface area contributed by atoms with E-state index in [4.69, 9.17) is 4.74 Å². The van der Waals surface area contributed by atoms with E-state index in [1.165, 1.54) is 0 Å². The number of nitrogens with zero attached hydrogens (tertiary/aromatic N) is 1. The van der Waals surface area contributed by atoms with Crippen molar-refractivity contribution in [3.63, 3.8) is 0 Å². The third kappa shape index (κ3) is 1.99. The smallest absolute Gasteiger partial charge is 0.413 e. The second kappa shape index (κ2) is 4.61. The van der Waals surface area contributed by atoms with Crippen LogP contribution in [0.2, 0.25) is 0 Å². The molecule has 92 valence electrons. The number of carbonyl (C=O) groups is 1. The Kier molecular flexibility index (Phi) is 2.81. The summed E-state index contributed by atoms with van der Waals surface area (Å²) in [5, 5.41) is 0. The molecule has 2 aromatic carbocycles. The Morgan fingerprint density at radius 1 is 1.22 bits per heavy atom. The van der Waals surface area contributed by atoms with E-state index in [0.29, 0.717) is 6.54 Å². The molecule has 0 spiro atoms. The summed E-state index contributed by atoms with van der Waals surface area (Å²) < 4.78 is 5.48. The molecule has 0 aromatic heterocycles. The van der Waals surface area contributed by atoms with Crippen LogP contribution >= 0.6 is 0 Å². The van der Waals surface area contributed by atoms with Crippen LogP contribution in [0.1, 0.15) is 18.1 Å². The predicted octanol–water partition coefficient (Wildman–Crippen LogP) is 3.49. The summed E-state index contributed by atoms with van der Waals surface area (Å²) >= 11 is 0. The Hall–Kier alpha value is -2.16. The highest BCUT2D eigenvalue weighted by Gasteiger charge is 2.26. The van der Waals surface area contributed by atoms with Gasteiger partial charge in [-0.3, -0.25) is 4.90 Å². The minimum atomic E-state index is -0.265. The average molecular weight is 240 g/mol. The van der Waals surface area contributed by atoms with Gasteiger partial charge in [0, 0.05) is 12.2 Å². The molecular weight excluding hydrogens is 226 g/mol. The maximum atomic E-state index is 12.0. The Labute approximate surface area is 106 Å². The molecule has 1 saturated heterocycles. The van der Waals surface area contributed by atoms with E-state index in [1.54, 1.807) is 4.90 Å². The van der Waals surface area contributed by atoms with Crippen molar-refractivity contribution in [2.75, 3.05) is 11.4 Å². The number of carbonyl (C=O) groups excluding carboxylic acids is 1. The van der Waals surface area contributed by atoms with Crippen molar-refractivity contribution in [2.24, 2.45) is 0 Å². The molecule has 2 aromatic rings. The SMILES string of the molecule is O=C1OC(c2cc[cH-]c2)CCN1c1ccccc1. The minimum absolute atomic E-state index is 0.104. The van der Waals surface area contributed by atoms with Crippen LogP contribution in [-0.2, 0) is 4.74 Å². The summed E-state index contributed by atoms with van der Waals surface area (Å²) in [7, 11) is 0. The highest BCUT2D eigenvalue weighted by molar-refractivity contribution is 5.88. The van der Waals surface area contributed by atoms with Crippen molar-refractivity contribution in [2.45, 2.75) is 12.5 Å². The van der Waals surface area contributed by atoms with E-state index in [0.717, 1.165) is 17.7 Å². The van der Waals surface area contributed by atoms with E-state index >= 15 is 0 Å². The number of benzene rings is 1. The van der Waals surface area contributed by atoms with Crippen molar-refractivity contribution in [1.82, 2.24) is 0 Å². The molecule has 1 amide bonds. The molecule has 1 aliphatic rings. The minimum Gasteiger partial charge on any atom is -0.455 e. The van der Waals surface area contributed by atoms with Gasteiger partial charge in [0.05, 0.1) is 6.10 Å². The van der Waals surface area contributed by atoms with Gasteiger partial charge in [-0.1, -0.05) is 18.2 Å². The Balaban J connectivity index is 1.75. The number of rotatable bonds is 2. The lowest BCUT2D eigenvalue weighted by Crippen LogP contribution is -2.39. The Morgan fingerprint density at radius 3 is 2.72 bits per heavy atom. The third-order valence-corrected chi connectivity index (χ3v) is 3.21. The summed E-state index contributed by atoms with van der Waals surface area (Å²) in [6.45, 7) is 0.693. The zero-order chi connectivity index (χ0) is 12.4. The van der Waals surface area contributed by atoms with Crippen LogP contribution in [-0.4, -0.2) is 12.6 Å². The van der Waals surface area contributed by atoms with Crippen LogP contribution in [0.25, 0.3) is 0 Å². The fourth-order valence-electron chi connectivity index (χ4n) is 2.26. The molecule has 0 aliphatic carbocycles. The van der Waals surface area contributed by atoms with Crippen molar-refractivity contribution in [3.8, 4) is 0 Å². The van der Waals surface area contributed by atoms with Gasteiger partial charge in [-0.05, 0) is 18.6 Å². The van der Waals surface area contributed by atoms with Gasteiger partial charge in [-0.25, -0.2) is 10.9 Å². The molecular formula is C15H14NO2-. The van der Waals surface area contributed by atoms with Gasteiger partial charge in [0.2, 0.25) is 0 Å². The van der Waals surface area contributed by atoms with E-state index in [9.17, 15) is 4.79 Å². The maximum Gasteiger partial charge on any atom is 0.413 e. The van der Waals surface area contributed by atoms with Gasteiger partial charge in [0.25, 0.3) is 0 Å². The first kappa shape index (κ1) is 11.0. The fraction of sp³-hybridized carbons (Fsp3) is 0.200. The summed E-state index contributed by atoms with van der Waals surface area (Å²) in [6, 6.07) is 17.5. The van der Waals surface area contributed by atoms with Gasteiger partial charge in [-0.2, -0.15) is 23.8 Å². The monoisotopic (exact) mass is 240 g/mol. The molecule has 18 heavy (non-hydrogen) atoms. The molecule has 3 nitrogen and oxygen atoms in total. The van der Waals surface area contributed by atoms with Crippen molar-refractivity contribution >= 4 is 11.8 Å². The lowest BCUT2D eigenvalue weighted by atomic mass is 10.1. The maximum absolute atomic E-state index is 12.0. The molecule has 0 radical (unpaired) electrons. The summed E-state index contributed by atoms with van der Waals surface area (Å²) in [5.74, 6) is 0. The van der Waals surface area contributed by atoms with E-state index in [1.807, 2.05) is 54.6 Å². The van der Waals surface area contributed by atoms with Crippen LogP contribution in [0.4, 0.5) is 10.5 Å². The second-order valence-corrected chi connectivity index (χ2v) is 4.37. The molecule has 1 unspecified atom stereocenters. The zero-order valence-electron chi connectivity index (χ0n) is 9.95. The lowest BCUT2D eigenvalue weighted by Gasteiger charge is -2.33. The number of ether oxygens (including phenoxy) is 1. The molecule has 1 heterocycles. The number of cyclic esters (lactones) is 1. The van der Waals surface area contributed by atoms with Gasteiger partial charge in [-0.15, -0.1) is 0 Å². The van der Waals surface area contributed by atoms with Crippen LogP contribution in [0, 0.1) is 0 Å². The van der Waals surface area contributed by atoms with E-state index < -0.39 is 0 Å². The molecule has 1 atom stereocenters. The summed E-state index contributed by atoms with van der Waals surface area (Å²) in [4.78, 5) is 13.7. The molecule has 0 N–H and O–H groups in total. The lowest BCUT2D eigenvalue weighted by molar-refractivity contribution is 0.0843. The number of para-hydroxylation sites is 1. The molecule has 0 bridgehead atoms. The Bertz CT molecular complexity index is 519. The normalized spacial score (nSPS) is 19.7.